The van der Waals surface area contributed by atoms with Crippen molar-refractivity contribution < 1.29 is 18.8 Å². The second-order valence-corrected chi connectivity index (χ2v) is 4.45. The molecule has 0 spiro atoms. The summed E-state index contributed by atoms with van der Waals surface area (Å²) < 4.78 is 18.1. The Hall–Kier alpha value is -2.76. The zero-order valence-electron chi connectivity index (χ0n) is 11.2. The third kappa shape index (κ3) is 3.62. The fourth-order valence-corrected chi connectivity index (χ4v) is 1.80. The van der Waals surface area contributed by atoms with E-state index in [0.717, 1.165) is 23.8 Å². The average Bonchev–Trinajstić information content (AvgIpc) is 2.45. The first-order valence-corrected chi connectivity index (χ1v) is 6.14. The molecule has 0 radical (unpaired) electrons. The van der Waals surface area contributed by atoms with Crippen molar-refractivity contribution >= 4 is 11.5 Å². The summed E-state index contributed by atoms with van der Waals surface area (Å²) in [6.45, 7) is 1.50. The van der Waals surface area contributed by atoms with Gasteiger partial charge in [-0.1, -0.05) is 23.8 Å². The molecule has 2 rings (SSSR count). The van der Waals surface area contributed by atoms with E-state index in [1.807, 2.05) is 13.0 Å². The van der Waals surface area contributed by atoms with Gasteiger partial charge in [-0.15, -0.1) is 0 Å². The summed E-state index contributed by atoms with van der Waals surface area (Å²) >= 11 is 0. The van der Waals surface area contributed by atoms with Crippen molar-refractivity contribution in [3.8, 4) is 5.75 Å². The van der Waals surface area contributed by atoms with E-state index in [4.69, 9.17) is 4.74 Å². The van der Waals surface area contributed by atoms with Crippen LogP contribution in [0.15, 0.2) is 42.5 Å². The first-order chi connectivity index (χ1) is 9.97. The van der Waals surface area contributed by atoms with E-state index in [1.54, 1.807) is 18.2 Å². The number of halogens is 1. The van der Waals surface area contributed by atoms with Crippen LogP contribution in [-0.2, 0) is 0 Å². The van der Waals surface area contributed by atoms with Crippen LogP contribution < -0.4 is 4.74 Å². The highest BCUT2D eigenvalue weighted by Crippen LogP contribution is 2.27. The van der Waals surface area contributed by atoms with E-state index >= 15 is 0 Å². The summed E-state index contributed by atoms with van der Waals surface area (Å²) in [5.74, 6) is -1.18. The monoisotopic (exact) mass is 289 g/mol. The minimum absolute atomic E-state index is 0.137. The lowest BCUT2D eigenvalue weighted by Crippen LogP contribution is -2.12. The van der Waals surface area contributed by atoms with Crippen LogP contribution in [-0.4, -0.2) is 17.3 Å². The first kappa shape index (κ1) is 14.6. The minimum atomic E-state index is -0.754. The summed E-state index contributed by atoms with van der Waals surface area (Å²) in [6, 6.07) is 9.86. The molecule has 0 bridgehead atoms. The van der Waals surface area contributed by atoms with Gasteiger partial charge in [-0.25, -0.2) is 4.39 Å². The van der Waals surface area contributed by atoms with Gasteiger partial charge in [-0.3, -0.25) is 14.9 Å². The predicted octanol–water partition coefficient (Wildman–Crippen LogP) is 3.30. The van der Waals surface area contributed by atoms with Crippen LogP contribution in [0.3, 0.4) is 0 Å². The molecule has 2 aromatic rings. The Kier molecular flexibility index (Phi) is 4.27. The van der Waals surface area contributed by atoms with Crippen LogP contribution in [0.1, 0.15) is 15.9 Å². The lowest BCUT2D eigenvalue weighted by Gasteiger charge is -2.06. The highest BCUT2D eigenvalue weighted by molar-refractivity contribution is 5.97. The number of hydrogen-bond donors (Lipinski definition) is 0. The molecule has 0 unspecified atom stereocenters. The Morgan fingerprint density at radius 2 is 2.05 bits per heavy atom. The lowest BCUT2D eigenvalue weighted by molar-refractivity contribution is -0.386. The topological polar surface area (TPSA) is 69.4 Å². The molecule has 0 aliphatic rings. The Morgan fingerprint density at radius 3 is 2.71 bits per heavy atom. The van der Waals surface area contributed by atoms with E-state index in [1.165, 1.54) is 0 Å². The van der Waals surface area contributed by atoms with Gasteiger partial charge in [0.2, 0.25) is 0 Å². The van der Waals surface area contributed by atoms with E-state index in [0.29, 0.717) is 5.56 Å². The van der Waals surface area contributed by atoms with Gasteiger partial charge in [0, 0.05) is 5.56 Å². The number of nitro groups is 1. The zero-order valence-corrected chi connectivity index (χ0v) is 11.2. The largest absolute Gasteiger partial charge is 0.478 e. The van der Waals surface area contributed by atoms with E-state index in [-0.39, 0.29) is 18.1 Å². The van der Waals surface area contributed by atoms with E-state index in [9.17, 15) is 19.3 Å². The molecule has 0 aliphatic carbocycles. The normalized spacial score (nSPS) is 10.2. The van der Waals surface area contributed by atoms with Crippen molar-refractivity contribution in [2.45, 2.75) is 6.92 Å². The number of aryl methyl sites for hydroxylation is 1. The molecule has 0 saturated heterocycles. The molecule has 0 fully saturated rings. The van der Waals surface area contributed by atoms with Crippen LogP contribution in [0.4, 0.5) is 10.1 Å². The van der Waals surface area contributed by atoms with Gasteiger partial charge < -0.3 is 4.74 Å². The smallest absolute Gasteiger partial charge is 0.313 e. The number of nitrogens with zero attached hydrogens (tertiary/aromatic N) is 1. The zero-order chi connectivity index (χ0) is 15.4. The van der Waals surface area contributed by atoms with Gasteiger partial charge >= 0.3 is 5.69 Å². The van der Waals surface area contributed by atoms with E-state index in [2.05, 4.69) is 0 Å². The molecule has 0 aromatic heterocycles. The third-order valence-corrected chi connectivity index (χ3v) is 2.82. The first-order valence-electron chi connectivity index (χ1n) is 6.14. The molecule has 0 aliphatic heterocycles. The standard InChI is InChI=1S/C15H12FNO4/c1-10-3-2-4-11(7-10)14(18)9-21-15-6-5-12(16)8-13(15)17(19)20/h2-8H,9H2,1H3. The quantitative estimate of drug-likeness (QED) is 0.481. The molecule has 5 nitrogen and oxygen atoms in total. The SMILES string of the molecule is Cc1cccc(C(=O)COc2ccc(F)cc2[N+](=O)[O-])c1. The van der Waals surface area contributed by atoms with Crippen LogP contribution in [0.25, 0.3) is 0 Å². The summed E-state index contributed by atoms with van der Waals surface area (Å²) in [5, 5.41) is 10.8. The van der Waals surface area contributed by atoms with Gasteiger partial charge in [0.05, 0.1) is 11.0 Å². The highest BCUT2D eigenvalue weighted by Gasteiger charge is 2.17. The van der Waals surface area contributed by atoms with Crippen LogP contribution >= 0.6 is 0 Å². The van der Waals surface area contributed by atoms with Crippen molar-refractivity contribution in [1.29, 1.82) is 0 Å². The maximum Gasteiger partial charge on any atom is 0.313 e. The van der Waals surface area contributed by atoms with Crippen LogP contribution in [0.5, 0.6) is 5.75 Å². The molecule has 0 amide bonds. The molecule has 21 heavy (non-hydrogen) atoms. The molecule has 2 aromatic carbocycles. The summed E-state index contributed by atoms with van der Waals surface area (Å²) in [4.78, 5) is 22.0. The number of ether oxygens (including phenoxy) is 1. The molecule has 108 valence electrons. The Balaban J connectivity index is 2.13. The highest BCUT2D eigenvalue weighted by atomic mass is 19.1. The van der Waals surface area contributed by atoms with Crippen LogP contribution in [0, 0.1) is 22.9 Å². The van der Waals surface area contributed by atoms with Gasteiger partial charge in [-0.05, 0) is 25.1 Å². The number of ketones is 1. The maximum atomic E-state index is 13.0. The molecular weight excluding hydrogens is 277 g/mol. The summed E-state index contributed by atoms with van der Waals surface area (Å²) in [5.41, 5.74) is 0.875. The molecule has 0 heterocycles. The van der Waals surface area contributed by atoms with Gasteiger partial charge in [-0.2, -0.15) is 0 Å². The Labute approximate surface area is 120 Å². The van der Waals surface area contributed by atoms with Crippen molar-refractivity contribution in [3.63, 3.8) is 0 Å². The average molecular weight is 289 g/mol. The van der Waals surface area contributed by atoms with E-state index < -0.39 is 16.4 Å². The molecule has 0 atom stereocenters. The number of carbonyl (C=O) groups excluding carboxylic acids is 1. The molecule has 0 N–H and O–H groups in total. The number of benzene rings is 2. The van der Waals surface area contributed by atoms with Crippen molar-refractivity contribution in [3.05, 3.63) is 69.5 Å². The number of Topliss-reactive ketones (excluding diaryl/α,β-unsaturated/α-hetero) is 1. The van der Waals surface area contributed by atoms with Gasteiger partial charge in [0.1, 0.15) is 5.82 Å². The fraction of sp³-hybridized carbons (Fsp3) is 0.133. The number of hydrogen-bond acceptors (Lipinski definition) is 4. The number of carbonyl (C=O) groups is 1. The second kappa shape index (κ2) is 6.13. The molecule has 6 heteroatoms. The number of nitro benzene ring substituents is 1. The van der Waals surface area contributed by atoms with Crippen molar-refractivity contribution in [2.75, 3.05) is 6.61 Å². The summed E-state index contributed by atoms with van der Waals surface area (Å²) in [6.07, 6.45) is 0. The Bertz CT molecular complexity index is 700. The maximum absolute atomic E-state index is 13.0. The Morgan fingerprint density at radius 1 is 1.29 bits per heavy atom. The minimum Gasteiger partial charge on any atom is -0.478 e. The third-order valence-electron chi connectivity index (χ3n) is 2.82. The van der Waals surface area contributed by atoms with Crippen LogP contribution in [0.2, 0.25) is 0 Å². The summed E-state index contributed by atoms with van der Waals surface area (Å²) in [7, 11) is 0. The number of rotatable bonds is 5. The fourth-order valence-electron chi connectivity index (χ4n) is 1.80. The van der Waals surface area contributed by atoms with Crippen molar-refractivity contribution in [1.82, 2.24) is 0 Å². The molecule has 0 saturated carbocycles. The lowest BCUT2D eigenvalue weighted by atomic mass is 10.1. The van der Waals surface area contributed by atoms with Crippen molar-refractivity contribution in [2.24, 2.45) is 0 Å². The second-order valence-electron chi connectivity index (χ2n) is 4.45. The van der Waals surface area contributed by atoms with Gasteiger partial charge in [0.15, 0.2) is 18.1 Å². The molecular formula is C15H12FNO4. The van der Waals surface area contributed by atoms with Gasteiger partial charge in [0.25, 0.3) is 0 Å². The predicted molar refractivity (Wildman–Crippen MR) is 74.1 cm³/mol.